The van der Waals surface area contributed by atoms with Crippen LogP contribution in [0.25, 0.3) is 0 Å². The molecule has 2 rings (SSSR count). The van der Waals surface area contributed by atoms with Crippen molar-refractivity contribution < 1.29 is 18.3 Å². The summed E-state index contributed by atoms with van der Waals surface area (Å²) in [7, 11) is 2.76. The van der Waals surface area contributed by atoms with Crippen LogP contribution in [-0.4, -0.2) is 25.2 Å². The molecule has 1 heterocycles. The standard InChI is InChI=1S/C13H12F2N4O2/c1-20-11-6-12(21-2)18-19(17-11)10(7-16)13-8(14)4-3-5-9(13)15/h3-6,10,17H,1-2H3. The molecule has 0 saturated heterocycles. The van der Waals surface area contributed by atoms with Crippen molar-refractivity contribution in [2.24, 2.45) is 5.10 Å². The summed E-state index contributed by atoms with van der Waals surface area (Å²) in [5.74, 6) is -1.33. The topological polar surface area (TPSA) is 69.9 Å². The number of hydrazone groups is 1. The van der Waals surface area contributed by atoms with Crippen molar-refractivity contribution in [3.8, 4) is 6.07 Å². The molecular formula is C13H12F2N4O2. The van der Waals surface area contributed by atoms with E-state index in [9.17, 15) is 14.0 Å². The lowest BCUT2D eigenvalue weighted by Crippen LogP contribution is -2.40. The second-order valence-electron chi connectivity index (χ2n) is 3.98. The van der Waals surface area contributed by atoms with Crippen LogP contribution in [0.3, 0.4) is 0 Å². The molecule has 0 bridgehead atoms. The fourth-order valence-corrected chi connectivity index (χ4v) is 1.76. The summed E-state index contributed by atoms with van der Waals surface area (Å²) in [5.41, 5.74) is 2.21. The van der Waals surface area contributed by atoms with Crippen molar-refractivity contribution in [3.63, 3.8) is 0 Å². The average Bonchev–Trinajstić information content (AvgIpc) is 2.50. The van der Waals surface area contributed by atoms with Crippen LogP contribution in [0, 0.1) is 23.0 Å². The fraction of sp³-hybridized carbons (Fsp3) is 0.231. The molecule has 1 atom stereocenters. The molecule has 0 saturated carbocycles. The summed E-state index contributed by atoms with van der Waals surface area (Å²) >= 11 is 0. The van der Waals surface area contributed by atoms with E-state index in [4.69, 9.17) is 9.47 Å². The Kier molecular flexibility index (Phi) is 4.23. The number of halogens is 2. The zero-order valence-corrected chi connectivity index (χ0v) is 11.3. The van der Waals surface area contributed by atoms with Crippen LogP contribution in [0.4, 0.5) is 8.78 Å². The highest BCUT2D eigenvalue weighted by atomic mass is 19.1. The van der Waals surface area contributed by atoms with Gasteiger partial charge in [0.15, 0.2) is 6.04 Å². The first kappa shape index (κ1) is 14.6. The Morgan fingerprint density at radius 2 is 1.95 bits per heavy atom. The van der Waals surface area contributed by atoms with E-state index >= 15 is 0 Å². The number of ether oxygens (including phenoxy) is 2. The lowest BCUT2D eigenvalue weighted by atomic mass is 10.1. The Hall–Kier alpha value is -2.82. The molecule has 0 amide bonds. The van der Waals surface area contributed by atoms with Crippen molar-refractivity contribution in [2.45, 2.75) is 6.04 Å². The molecule has 0 aromatic heterocycles. The van der Waals surface area contributed by atoms with Crippen molar-refractivity contribution in [2.75, 3.05) is 14.2 Å². The fourth-order valence-electron chi connectivity index (χ4n) is 1.76. The van der Waals surface area contributed by atoms with Gasteiger partial charge in [0.2, 0.25) is 11.8 Å². The predicted octanol–water partition coefficient (Wildman–Crippen LogP) is 1.80. The van der Waals surface area contributed by atoms with Crippen LogP contribution in [0.5, 0.6) is 0 Å². The van der Waals surface area contributed by atoms with Gasteiger partial charge >= 0.3 is 0 Å². The molecule has 6 nitrogen and oxygen atoms in total. The van der Waals surface area contributed by atoms with E-state index in [2.05, 4.69) is 10.5 Å². The molecular weight excluding hydrogens is 282 g/mol. The molecule has 0 aliphatic carbocycles. The van der Waals surface area contributed by atoms with Crippen molar-refractivity contribution >= 4 is 5.90 Å². The lowest BCUT2D eigenvalue weighted by molar-refractivity contribution is 0.108. The van der Waals surface area contributed by atoms with Crippen LogP contribution in [0.1, 0.15) is 11.6 Å². The molecule has 0 fully saturated rings. The number of hydrogen-bond acceptors (Lipinski definition) is 6. The lowest BCUT2D eigenvalue weighted by Gasteiger charge is -2.29. The minimum atomic E-state index is -1.34. The van der Waals surface area contributed by atoms with Gasteiger partial charge in [-0.25, -0.2) is 14.2 Å². The van der Waals surface area contributed by atoms with Gasteiger partial charge in [-0.05, 0) is 12.1 Å². The number of hydrogen-bond donors (Lipinski definition) is 1. The third kappa shape index (κ3) is 2.86. The van der Waals surface area contributed by atoms with Gasteiger partial charge in [0.1, 0.15) is 11.6 Å². The number of nitrogens with one attached hydrogen (secondary N) is 1. The first-order valence-electron chi connectivity index (χ1n) is 5.88. The van der Waals surface area contributed by atoms with E-state index in [0.29, 0.717) is 0 Å². The largest absolute Gasteiger partial charge is 0.481 e. The van der Waals surface area contributed by atoms with Gasteiger partial charge in [-0.15, -0.1) is 5.10 Å². The highest BCUT2D eigenvalue weighted by Gasteiger charge is 2.29. The van der Waals surface area contributed by atoms with Gasteiger partial charge in [0.25, 0.3) is 0 Å². The molecule has 1 aliphatic rings. The maximum Gasteiger partial charge on any atom is 0.238 e. The third-order valence-corrected chi connectivity index (χ3v) is 2.75. The molecule has 0 radical (unpaired) electrons. The van der Waals surface area contributed by atoms with Crippen LogP contribution >= 0.6 is 0 Å². The number of hydrazine groups is 1. The number of nitriles is 1. The molecule has 0 spiro atoms. The van der Waals surface area contributed by atoms with E-state index in [1.54, 1.807) is 6.07 Å². The zero-order chi connectivity index (χ0) is 15.4. The van der Waals surface area contributed by atoms with E-state index in [-0.39, 0.29) is 11.8 Å². The van der Waals surface area contributed by atoms with Crippen LogP contribution < -0.4 is 5.43 Å². The summed E-state index contributed by atoms with van der Waals surface area (Å²) in [5, 5.41) is 14.2. The maximum absolute atomic E-state index is 13.8. The highest BCUT2D eigenvalue weighted by Crippen LogP contribution is 2.26. The average molecular weight is 294 g/mol. The van der Waals surface area contributed by atoms with Gasteiger partial charge in [0.05, 0.1) is 31.9 Å². The summed E-state index contributed by atoms with van der Waals surface area (Å²) in [6.07, 6.45) is 1.43. The Balaban J connectivity index is 2.41. The Bertz CT molecular complexity index is 619. The molecule has 1 N–H and O–H groups in total. The molecule has 8 heteroatoms. The monoisotopic (exact) mass is 294 g/mol. The van der Waals surface area contributed by atoms with Gasteiger partial charge in [-0.3, -0.25) is 0 Å². The summed E-state index contributed by atoms with van der Waals surface area (Å²) < 4.78 is 37.6. The van der Waals surface area contributed by atoms with Crippen LogP contribution in [-0.2, 0) is 9.47 Å². The van der Waals surface area contributed by atoms with Gasteiger partial charge in [-0.2, -0.15) is 10.4 Å². The Morgan fingerprint density at radius 3 is 2.48 bits per heavy atom. The normalized spacial score (nSPS) is 15.3. The number of methoxy groups -OCH3 is 2. The van der Waals surface area contributed by atoms with Gasteiger partial charge in [-0.1, -0.05) is 6.07 Å². The molecule has 110 valence electrons. The molecule has 1 aromatic rings. The zero-order valence-electron chi connectivity index (χ0n) is 11.3. The first-order chi connectivity index (χ1) is 10.1. The Morgan fingerprint density at radius 1 is 1.29 bits per heavy atom. The van der Waals surface area contributed by atoms with E-state index < -0.39 is 23.2 Å². The van der Waals surface area contributed by atoms with Gasteiger partial charge in [0, 0.05) is 0 Å². The SMILES string of the molecule is COC1=CC(OC)=NN(C(C#N)c2c(F)cccc2F)N1. The Labute approximate surface area is 119 Å². The number of benzene rings is 1. The van der Waals surface area contributed by atoms with Crippen molar-refractivity contribution in [1.82, 2.24) is 10.5 Å². The van der Waals surface area contributed by atoms with Crippen molar-refractivity contribution in [3.05, 3.63) is 47.4 Å². The van der Waals surface area contributed by atoms with Crippen LogP contribution in [0.2, 0.25) is 0 Å². The summed E-state index contributed by atoms with van der Waals surface area (Å²) in [6, 6.07) is 3.82. The van der Waals surface area contributed by atoms with Crippen LogP contribution in [0.15, 0.2) is 35.3 Å². The van der Waals surface area contributed by atoms with E-state index in [0.717, 1.165) is 17.3 Å². The summed E-state index contributed by atoms with van der Waals surface area (Å²) in [4.78, 5) is 0. The second kappa shape index (κ2) is 6.09. The van der Waals surface area contributed by atoms with E-state index in [1.165, 1.54) is 26.4 Å². The summed E-state index contributed by atoms with van der Waals surface area (Å²) in [6.45, 7) is 0. The minimum Gasteiger partial charge on any atom is -0.481 e. The number of nitrogens with zero attached hydrogens (tertiary/aromatic N) is 3. The second-order valence-corrected chi connectivity index (χ2v) is 3.98. The predicted molar refractivity (Wildman–Crippen MR) is 69.2 cm³/mol. The van der Waals surface area contributed by atoms with E-state index in [1.807, 2.05) is 0 Å². The smallest absolute Gasteiger partial charge is 0.238 e. The van der Waals surface area contributed by atoms with Gasteiger partial charge < -0.3 is 9.47 Å². The number of rotatable bonds is 3. The molecule has 1 aromatic carbocycles. The maximum atomic E-state index is 13.8. The minimum absolute atomic E-state index is 0.127. The molecule has 1 aliphatic heterocycles. The molecule has 21 heavy (non-hydrogen) atoms. The highest BCUT2D eigenvalue weighted by molar-refractivity contribution is 5.88. The first-order valence-corrected chi connectivity index (χ1v) is 5.88. The quantitative estimate of drug-likeness (QED) is 0.920. The third-order valence-electron chi connectivity index (χ3n) is 2.75. The molecule has 1 unspecified atom stereocenters. The van der Waals surface area contributed by atoms with Crippen molar-refractivity contribution in [1.29, 1.82) is 5.26 Å².